The van der Waals surface area contributed by atoms with Gasteiger partial charge >= 0.3 is 12.3 Å². The number of alkyl carbamates (subject to hydrolysis) is 1. The van der Waals surface area contributed by atoms with Crippen LogP contribution in [0.1, 0.15) is 39.4 Å². The Hall–Kier alpha value is -1.73. The summed E-state index contributed by atoms with van der Waals surface area (Å²) in [5.74, 6) is 0. The molecule has 0 bridgehead atoms. The number of amides is 1. The second-order valence-electron chi connectivity index (χ2n) is 5.43. The smallest absolute Gasteiger partial charge is 0.408 e. The highest BCUT2D eigenvalue weighted by Crippen LogP contribution is 2.21. The third kappa shape index (κ3) is 5.50. The van der Waals surface area contributed by atoms with Gasteiger partial charge in [-0.25, -0.2) is 9.78 Å². The lowest BCUT2D eigenvalue weighted by molar-refractivity contribution is -0.141. The lowest BCUT2D eigenvalue weighted by atomic mass is 10.2. The molecule has 0 radical (unpaired) electrons. The van der Waals surface area contributed by atoms with E-state index in [0.29, 0.717) is 0 Å². The van der Waals surface area contributed by atoms with Crippen molar-refractivity contribution in [3.05, 3.63) is 18.2 Å². The van der Waals surface area contributed by atoms with Crippen LogP contribution in [0.15, 0.2) is 12.5 Å². The zero-order valence-corrected chi connectivity index (χ0v) is 11.8. The quantitative estimate of drug-likeness (QED) is 0.932. The summed E-state index contributed by atoms with van der Waals surface area (Å²) in [6.07, 6.45) is -2.67. The first-order valence-electron chi connectivity index (χ1n) is 6.04. The second-order valence-corrected chi connectivity index (χ2v) is 5.43. The molecule has 1 heterocycles. The molecule has 1 unspecified atom stereocenters. The van der Waals surface area contributed by atoms with Crippen LogP contribution in [0.5, 0.6) is 0 Å². The van der Waals surface area contributed by atoms with Gasteiger partial charge in [-0.3, -0.25) is 0 Å². The standard InChI is InChI=1S/C12H18F3N3O2/c1-8(17-10(19)20-11(2,3)4)9-5-16-7-18(9)6-12(13,14)15/h5,7-8H,6H2,1-4H3,(H,17,19). The number of imidazole rings is 1. The van der Waals surface area contributed by atoms with E-state index in [9.17, 15) is 18.0 Å². The molecule has 8 heteroatoms. The van der Waals surface area contributed by atoms with E-state index < -0.39 is 30.5 Å². The number of aromatic nitrogens is 2. The number of alkyl halides is 3. The Bertz CT molecular complexity index is 463. The van der Waals surface area contributed by atoms with Crippen LogP contribution in [0, 0.1) is 0 Å². The van der Waals surface area contributed by atoms with Gasteiger partial charge in [-0.2, -0.15) is 13.2 Å². The minimum absolute atomic E-state index is 0.258. The first-order chi connectivity index (χ1) is 8.98. The highest BCUT2D eigenvalue weighted by atomic mass is 19.4. The van der Waals surface area contributed by atoms with Gasteiger partial charge in [0.15, 0.2) is 0 Å². The number of hydrogen-bond donors (Lipinski definition) is 1. The number of halogens is 3. The molecule has 1 aromatic rings. The molecule has 0 saturated carbocycles. The van der Waals surface area contributed by atoms with Gasteiger partial charge in [0.25, 0.3) is 0 Å². The molecule has 20 heavy (non-hydrogen) atoms. The Morgan fingerprint density at radius 3 is 2.55 bits per heavy atom. The Morgan fingerprint density at radius 1 is 1.45 bits per heavy atom. The van der Waals surface area contributed by atoms with Crippen LogP contribution in [0.2, 0.25) is 0 Å². The lowest BCUT2D eigenvalue weighted by Crippen LogP contribution is -2.35. The van der Waals surface area contributed by atoms with Gasteiger partial charge in [0.2, 0.25) is 0 Å². The first kappa shape index (κ1) is 16.3. The minimum atomic E-state index is -4.35. The van der Waals surface area contributed by atoms with Crippen molar-refractivity contribution in [2.45, 2.75) is 52.1 Å². The molecule has 0 fully saturated rings. The van der Waals surface area contributed by atoms with Gasteiger partial charge in [0.1, 0.15) is 12.1 Å². The van der Waals surface area contributed by atoms with Gasteiger partial charge < -0.3 is 14.6 Å². The van der Waals surface area contributed by atoms with Crippen LogP contribution in [-0.2, 0) is 11.3 Å². The fourth-order valence-electron chi connectivity index (χ4n) is 1.58. The molecule has 114 valence electrons. The molecule has 1 rings (SSSR count). The van der Waals surface area contributed by atoms with Crippen molar-refractivity contribution < 1.29 is 22.7 Å². The first-order valence-corrected chi connectivity index (χ1v) is 6.04. The fraction of sp³-hybridized carbons (Fsp3) is 0.667. The van der Waals surface area contributed by atoms with Crippen LogP contribution in [0.25, 0.3) is 0 Å². The average Bonchev–Trinajstić information content (AvgIpc) is 2.59. The highest BCUT2D eigenvalue weighted by molar-refractivity contribution is 5.68. The summed E-state index contributed by atoms with van der Waals surface area (Å²) in [5.41, 5.74) is -0.413. The van der Waals surface area contributed by atoms with Crippen molar-refractivity contribution in [1.29, 1.82) is 0 Å². The summed E-state index contributed by atoms with van der Waals surface area (Å²) >= 11 is 0. The van der Waals surface area contributed by atoms with Gasteiger partial charge in [0, 0.05) is 0 Å². The summed E-state index contributed by atoms with van der Waals surface area (Å²) in [7, 11) is 0. The Kier molecular flexibility index (Phi) is 4.67. The largest absolute Gasteiger partial charge is 0.444 e. The second kappa shape index (κ2) is 5.72. The molecule has 0 aliphatic rings. The number of rotatable bonds is 3. The third-order valence-corrected chi connectivity index (χ3v) is 2.27. The molecular formula is C12H18F3N3O2. The minimum Gasteiger partial charge on any atom is -0.444 e. The van der Waals surface area contributed by atoms with Crippen molar-refractivity contribution in [3.63, 3.8) is 0 Å². The van der Waals surface area contributed by atoms with E-state index >= 15 is 0 Å². The van der Waals surface area contributed by atoms with Crippen molar-refractivity contribution >= 4 is 6.09 Å². The van der Waals surface area contributed by atoms with Crippen molar-refractivity contribution in [2.24, 2.45) is 0 Å². The van der Waals surface area contributed by atoms with E-state index in [-0.39, 0.29) is 5.69 Å². The maximum Gasteiger partial charge on any atom is 0.408 e. The van der Waals surface area contributed by atoms with Gasteiger partial charge in [0.05, 0.1) is 24.3 Å². The lowest BCUT2D eigenvalue weighted by Gasteiger charge is -2.22. The van der Waals surface area contributed by atoms with E-state index in [1.807, 2.05) is 0 Å². The van der Waals surface area contributed by atoms with Gasteiger partial charge in [-0.15, -0.1) is 0 Å². The summed E-state index contributed by atoms with van der Waals surface area (Å²) in [6.45, 7) is 5.51. The zero-order valence-electron chi connectivity index (χ0n) is 11.8. The highest BCUT2D eigenvalue weighted by Gasteiger charge is 2.30. The molecule has 1 amide bonds. The molecule has 1 atom stereocenters. The Labute approximate surface area is 115 Å². The summed E-state index contributed by atoms with van der Waals surface area (Å²) < 4.78 is 43.2. The summed E-state index contributed by atoms with van der Waals surface area (Å²) in [6, 6.07) is -0.644. The monoisotopic (exact) mass is 293 g/mol. The number of hydrogen-bond acceptors (Lipinski definition) is 3. The van der Waals surface area contributed by atoms with E-state index in [2.05, 4.69) is 10.3 Å². The molecule has 1 N–H and O–H groups in total. The van der Waals surface area contributed by atoms with E-state index in [4.69, 9.17) is 4.74 Å². The number of carbonyl (C=O) groups excluding carboxylic acids is 1. The number of nitrogens with one attached hydrogen (secondary N) is 1. The van der Waals surface area contributed by atoms with Crippen LogP contribution < -0.4 is 5.32 Å². The van der Waals surface area contributed by atoms with Gasteiger partial charge in [-0.1, -0.05) is 0 Å². The molecule has 5 nitrogen and oxygen atoms in total. The fourth-order valence-corrected chi connectivity index (χ4v) is 1.58. The molecule has 0 saturated heterocycles. The Balaban J connectivity index is 2.71. The number of ether oxygens (including phenoxy) is 1. The topological polar surface area (TPSA) is 56.1 Å². The number of carbonyl (C=O) groups is 1. The van der Waals surface area contributed by atoms with Crippen LogP contribution in [0.3, 0.4) is 0 Å². The summed E-state index contributed by atoms with van der Waals surface area (Å²) in [4.78, 5) is 15.3. The predicted molar refractivity (Wildman–Crippen MR) is 66.1 cm³/mol. The maximum absolute atomic E-state index is 12.4. The maximum atomic E-state index is 12.4. The average molecular weight is 293 g/mol. The molecule has 1 aromatic heterocycles. The van der Waals surface area contributed by atoms with Crippen molar-refractivity contribution in [3.8, 4) is 0 Å². The molecule has 0 spiro atoms. The summed E-state index contributed by atoms with van der Waals surface area (Å²) in [5, 5.41) is 2.48. The zero-order chi connectivity index (χ0) is 15.6. The third-order valence-electron chi connectivity index (χ3n) is 2.27. The number of nitrogens with zero attached hydrogens (tertiary/aromatic N) is 2. The van der Waals surface area contributed by atoms with E-state index in [1.54, 1.807) is 27.7 Å². The predicted octanol–water partition coefficient (Wildman–Crippen LogP) is 3.03. The normalized spacial score (nSPS) is 13.9. The Morgan fingerprint density at radius 2 is 2.05 bits per heavy atom. The molecule has 0 aliphatic heterocycles. The van der Waals surface area contributed by atoms with Crippen LogP contribution >= 0.6 is 0 Å². The molecular weight excluding hydrogens is 275 g/mol. The molecule has 0 aliphatic carbocycles. The molecule has 0 aromatic carbocycles. The van der Waals surface area contributed by atoms with E-state index in [1.165, 1.54) is 6.20 Å². The van der Waals surface area contributed by atoms with Gasteiger partial charge in [-0.05, 0) is 27.7 Å². The van der Waals surface area contributed by atoms with Crippen molar-refractivity contribution in [2.75, 3.05) is 0 Å². The van der Waals surface area contributed by atoms with Crippen molar-refractivity contribution in [1.82, 2.24) is 14.9 Å². The van der Waals surface area contributed by atoms with E-state index in [0.717, 1.165) is 10.9 Å². The SMILES string of the molecule is CC(NC(=O)OC(C)(C)C)c1cncn1CC(F)(F)F. The van der Waals surface area contributed by atoms with Crippen LogP contribution in [-0.4, -0.2) is 27.4 Å². The van der Waals surface area contributed by atoms with Crippen LogP contribution in [0.4, 0.5) is 18.0 Å².